The van der Waals surface area contributed by atoms with Gasteiger partial charge < -0.3 is 10.6 Å². The fourth-order valence-electron chi connectivity index (χ4n) is 3.08. The first-order valence-corrected chi connectivity index (χ1v) is 9.54. The monoisotopic (exact) mass is 440 g/mol. The summed E-state index contributed by atoms with van der Waals surface area (Å²) in [6.07, 6.45) is 5.40. The van der Waals surface area contributed by atoms with E-state index in [0.717, 1.165) is 30.2 Å². The predicted molar refractivity (Wildman–Crippen MR) is 110 cm³/mol. The van der Waals surface area contributed by atoms with Crippen molar-refractivity contribution in [2.24, 2.45) is 10.9 Å². The molecule has 4 nitrogen and oxygen atoms in total. The number of aliphatic imine (C=N–C) groups is 1. The Bertz CT molecular complexity index is 326. The second kappa shape index (κ2) is 11.0. The number of likely N-dealkylation sites (tertiary alicyclic amines) is 1. The molecule has 0 aromatic heterocycles. The first kappa shape index (κ1) is 20.4. The van der Waals surface area contributed by atoms with Crippen LogP contribution in [0.5, 0.6) is 0 Å². The van der Waals surface area contributed by atoms with Crippen LogP contribution in [0.2, 0.25) is 0 Å². The van der Waals surface area contributed by atoms with E-state index >= 15 is 0 Å². The van der Waals surface area contributed by atoms with Gasteiger partial charge in [0.1, 0.15) is 0 Å². The van der Waals surface area contributed by atoms with Gasteiger partial charge in [-0.2, -0.15) is 11.8 Å². The number of rotatable bonds is 5. The molecule has 0 spiro atoms. The van der Waals surface area contributed by atoms with E-state index in [0.29, 0.717) is 6.04 Å². The normalized spacial score (nSPS) is 25.6. The lowest BCUT2D eigenvalue weighted by Gasteiger charge is -2.35. The van der Waals surface area contributed by atoms with E-state index in [1.165, 1.54) is 44.5 Å². The van der Waals surface area contributed by atoms with Gasteiger partial charge in [-0.1, -0.05) is 6.92 Å². The van der Waals surface area contributed by atoms with Gasteiger partial charge in [0.25, 0.3) is 0 Å². The Hall–Kier alpha value is 0.310. The van der Waals surface area contributed by atoms with Crippen molar-refractivity contribution in [2.75, 3.05) is 39.0 Å². The molecule has 2 heterocycles. The van der Waals surface area contributed by atoms with Crippen LogP contribution in [0.4, 0.5) is 0 Å². The van der Waals surface area contributed by atoms with Crippen molar-refractivity contribution in [1.29, 1.82) is 0 Å². The second-order valence-electron chi connectivity index (χ2n) is 6.54. The van der Waals surface area contributed by atoms with Crippen molar-refractivity contribution < 1.29 is 0 Å². The first-order chi connectivity index (χ1) is 10.2. The summed E-state index contributed by atoms with van der Waals surface area (Å²) in [5.74, 6) is 3.18. The molecule has 2 unspecified atom stereocenters. The van der Waals surface area contributed by atoms with E-state index in [-0.39, 0.29) is 24.0 Å². The van der Waals surface area contributed by atoms with Crippen LogP contribution in [0.25, 0.3) is 0 Å². The number of nitrogens with one attached hydrogen (secondary N) is 2. The maximum atomic E-state index is 4.34. The van der Waals surface area contributed by atoms with Crippen LogP contribution in [-0.2, 0) is 0 Å². The third kappa shape index (κ3) is 6.83. The number of nitrogens with zero attached hydrogens (tertiary/aromatic N) is 2. The van der Waals surface area contributed by atoms with Crippen LogP contribution >= 0.6 is 35.7 Å². The van der Waals surface area contributed by atoms with Gasteiger partial charge in [0.2, 0.25) is 0 Å². The van der Waals surface area contributed by atoms with Crippen LogP contribution in [0.1, 0.15) is 39.5 Å². The van der Waals surface area contributed by atoms with Gasteiger partial charge in [-0.05, 0) is 57.4 Å². The molecule has 2 fully saturated rings. The zero-order valence-electron chi connectivity index (χ0n) is 14.3. The molecule has 2 N–H and O–H groups in total. The Morgan fingerprint density at radius 2 is 2.00 bits per heavy atom. The van der Waals surface area contributed by atoms with Crippen LogP contribution < -0.4 is 10.6 Å². The summed E-state index contributed by atoms with van der Waals surface area (Å²) >= 11 is 2.09. The highest BCUT2D eigenvalue weighted by atomic mass is 127. The van der Waals surface area contributed by atoms with E-state index in [4.69, 9.17) is 0 Å². The Morgan fingerprint density at radius 1 is 1.27 bits per heavy atom. The zero-order valence-corrected chi connectivity index (χ0v) is 17.5. The number of hydrogen-bond acceptors (Lipinski definition) is 3. The Morgan fingerprint density at radius 3 is 2.59 bits per heavy atom. The molecule has 2 saturated heterocycles. The minimum atomic E-state index is 0. The lowest BCUT2D eigenvalue weighted by molar-refractivity contribution is 0.147. The van der Waals surface area contributed by atoms with Crippen LogP contribution in [0.3, 0.4) is 0 Å². The molecule has 6 heteroatoms. The van der Waals surface area contributed by atoms with Gasteiger partial charge in [0.05, 0.1) is 0 Å². The molecule has 0 aliphatic carbocycles. The van der Waals surface area contributed by atoms with E-state index in [1.807, 2.05) is 7.05 Å². The standard InChI is InChI=1S/C16H32N4S.HI/c1-13-6-8-20(9-7-13)14(2)11-18-16(17-3)19-12-15-5-4-10-21-15;/h13-15H,4-12H2,1-3H3,(H2,17,18,19);1H. The zero-order chi connectivity index (χ0) is 15.1. The fourth-order valence-corrected chi connectivity index (χ4v) is 4.28. The maximum Gasteiger partial charge on any atom is 0.191 e. The number of guanidine groups is 1. The topological polar surface area (TPSA) is 39.7 Å². The van der Waals surface area contributed by atoms with Crippen molar-refractivity contribution in [3.8, 4) is 0 Å². The van der Waals surface area contributed by atoms with Gasteiger partial charge in [-0.15, -0.1) is 24.0 Å². The molecule has 0 saturated carbocycles. The minimum absolute atomic E-state index is 0. The smallest absolute Gasteiger partial charge is 0.191 e. The summed E-state index contributed by atoms with van der Waals surface area (Å²) in [6.45, 7) is 9.20. The second-order valence-corrected chi connectivity index (χ2v) is 7.94. The molecular formula is C16H33IN4S. The molecule has 2 atom stereocenters. The lowest BCUT2D eigenvalue weighted by atomic mass is 9.98. The number of thioether (sulfide) groups is 1. The minimum Gasteiger partial charge on any atom is -0.355 e. The molecule has 2 rings (SSSR count). The number of hydrogen-bond donors (Lipinski definition) is 2. The molecule has 0 radical (unpaired) electrons. The molecule has 0 bridgehead atoms. The summed E-state index contributed by atoms with van der Waals surface area (Å²) in [7, 11) is 1.87. The average Bonchev–Trinajstić information content (AvgIpc) is 3.01. The van der Waals surface area contributed by atoms with Crippen LogP contribution in [0, 0.1) is 5.92 Å². The summed E-state index contributed by atoms with van der Waals surface area (Å²) in [5, 5.41) is 7.73. The molecule has 0 amide bonds. The molecule has 2 aliphatic heterocycles. The van der Waals surface area contributed by atoms with Crippen LogP contribution in [0.15, 0.2) is 4.99 Å². The van der Waals surface area contributed by atoms with Crippen molar-refractivity contribution >= 4 is 41.7 Å². The maximum absolute atomic E-state index is 4.34. The molecule has 2 aliphatic rings. The van der Waals surface area contributed by atoms with Crippen molar-refractivity contribution in [2.45, 2.75) is 50.8 Å². The predicted octanol–water partition coefficient (Wildman–Crippen LogP) is 2.79. The molecule has 22 heavy (non-hydrogen) atoms. The van der Waals surface area contributed by atoms with Crippen molar-refractivity contribution in [3.63, 3.8) is 0 Å². The molecule has 0 aromatic rings. The largest absolute Gasteiger partial charge is 0.355 e. The van der Waals surface area contributed by atoms with Crippen molar-refractivity contribution in [1.82, 2.24) is 15.5 Å². The highest BCUT2D eigenvalue weighted by Crippen LogP contribution is 2.25. The van der Waals surface area contributed by atoms with E-state index < -0.39 is 0 Å². The summed E-state index contributed by atoms with van der Waals surface area (Å²) < 4.78 is 0. The van der Waals surface area contributed by atoms with Crippen molar-refractivity contribution in [3.05, 3.63) is 0 Å². The summed E-state index contributed by atoms with van der Waals surface area (Å²) in [5.41, 5.74) is 0. The first-order valence-electron chi connectivity index (χ1n) is 8.49. The molecular weight excluding hydrogens is 407 g/mol. The number of piperidine rings is 1. The van der Waals surface area contributed by atoms with Gasteiger partial charge in [0, 0.05) is 31.4 Å². The van der Waals surface area contributed by atoms with E-state index in [2.05, 4.69) is 46.1 Å². The Kier molecular flexibility index (Phi) is 10.1. The SMILES string of the molecule is CN=C(NCC1CCCS1)NCC(C)N1CCC(C)CC1.I. The highest BCUT2D eigenvalue weighted by Gasteiger charge is 2.20. The van der Waals surface area contributed by atoms with Gasteiger partial charge in [-0.25, -0.2) is 0 Å². The third-order valence-corrected chi connectivity index (χ3v) is 6.15. The van der Waals surface area contributed by atoms with E-state index in [9.17, 15) is 0 Å². The quantitative estimate of drug-likeness (QED) is 0.392. The van der Waals surface area contributed by atoms with Gasteiger partial charge in [-0.3, -0.25) is 9.89 Å². The highest BCUT2D eigenvalue weighted by molar-refractivity contribution is 14.0. The average molecular weight is 440 g/mol. The molecule has 130 valence electrons. The van der Waals surface area contributed by atoms with Gasteiger partial charge >= 0.3 is 0 Å². The third-order valence-electron chi connectivity index (χ3n) is 4.75. The van der Waals surface area contributed by atoms with Crippen LogP contribution in [-0.4, -0.2) is 61.1 Å². The van der Waals surface area contributed by atoms with Gasteiger partial charge in [0.15, 0.2) is 5.96 Å². The van der Waals surface area contributed by atoms with E-state index in [1.54, 1.807) is 0 Å². The fraction of sp³-hybridized carbons (Fsp3) is 0.938. The summed E-state index contributed by atoms with van der Waals surface area (Å²) in [6, 6.07) is 0.580. The Balaban J connectivity index is 0.00000242. The molecule has 0 aromatic carbocycles. The number of halogens is 1. The Labute approximate surface area is 157 Å². The lowest BCUT2D eigenvalue weighted by Crippen LogP contribution is -2.48. The summed E-state index contributed by atoms with van der Waals surface area (Å²) in [4.78, 5) is 6.95.